The van der Waals surface area contributed by atoms with E-state index in [2.05, 4.69) is 26.5 Å². The lowest BCUT2D eigenvalue weighted by atomic mass is 10.0. The molecular weight excluding hydrogens is 453 g/mol. The molecule has 0 unspecified atom stereocenters. The van der Waals surface area contributed by atoms with Crippen LogP contribution in [0.5, 0.6) is 5.75 Å². The molecule has 1 aromatic heterocycles. The zero-order valence-electron chi connectivity index (χ0n) is 19.7. The quantitative estimate of drug-likeness (QED) is 0.355. The Kier molecular flexibility index (Phi) is 7.24. The fraction of sp³-hybridized carbons (Fsp3) is 0.320. The lowest BCUT2D eigenvalue weighted by Crippen LogP contribution is -2.31. The van der Waals surface area contributed by atoms with Gasteiger partial charge in [0.25, 0.3) is 5.91 Å². The second-order valence-corrected chi connectivity index (χ2v) is 8.41. The summed E-state index contributed by atoms with van der Waals surface area (Å²) < 4.78 is 25.9. The molecule has 4 rings (SSSR count). The zero-order valence-corrected chi connectivity index (χ0v) is 19.7. The fourth-order valence-electron chi connectivity index (χ4n) is 3.48. The molecule has 1 fully saturated rings. The normalized spacial score (nSPS) is 15.7. The summed E-state index contributed by atoms with van der Waals surface area (Å²) in [5.41, 5.74) is 4.33. The first-order valence-corrected chi connectivity index (χ1v) is 11.2. The largest absolute Gasteiger partial charge is 0.442 e. The molecule has 35 heavy (non-hydrogen) atoms. The zero-order chi connectivity index (χ0) is 24.9. The Labute approximate surface area is 202 Å². The number of nitrogens with zero attached hydrogens (tertiary/aromatic N) is 3. The molecular formula is C25H26FN5O4. The third-order valence-corrected chi connectivity index (χ3v) is 5.42. The maximum absolute atomic E-state index is 13.5. The Morgan fingerprint density at radius 1 is 1.31 bits per heavy atom. The van der Waals surface area contributed by atoms with Crippen LogP contribution in [0.15, 0.2) is 58.8 Å². The Morgan fingerprint density at radius 2 is 2.11 bits per heavy atom. The fourth-order valence-corrected chi connectivity index (χ4v) is 3.48. The van der Waals surface area contributed by atoms with Gasteiger partial charge in [0.05, 0.1) is 25.0 Å². The number of carbonyl (C=O) groups excluding carboxylic acids is 2. The van der Waals surface area contributed by atoms with Crippen LogP contribution < -0.4 is 15.4 Å². The monoisotopic (exact) mass is 479 g/mol. The van der Waals surface area contributed by atoms with Crippen LogP contribution in [0.25, 0.3) is 0 Å². The number of hydrogen-bond donors (Lipinski definition) is 2. The summed E-state index contributed by atoms with van der Waals surface area (Å²) in [5, 5.41) is 9.94. The third kappa shape index (κ3) is 6.32. The summed E-state index contributed by atoms with van der Waals surface area (Å²) in [7, 11) is 0. The summed E-state index contributed by atoms with van der Waals surface area (Å²) in [4.78, 5) is 28.9. The predicted molar refractivity (Wildman–Crippen MR) is 129 cm³/mol. The van der Waals surface area contributed by atoms with E-state index < -0.39 is 5.91 Å². The molecule has 0 radical (unpaired) electrons. The van der Waals surface area contributed by atoms with Crippen LogP contribution in [0.4, 0.5) is 15.9 Å². The van der Waals surface area contributed by atoms with E-state index in [-0.39, 0.29) is 29.6 Å². The van der Waals surface area contributed by atoms with Crippen molar-refractivity contribution in [3.8, 4) is 5.75 Å². The predicted octanol–water partition coefficient (Wildman–Crippen LogP) is 4.01. The van der Waals surface area contributed by atoms with E-state index >= 15 is 0 Å². The minimum atomic E-state index is -0.427. The van der Waals surface area contributed by atoms with Crippen LogP contribution in [0.1, 0.15) is 31.2 Å². The van der Waals surface area contributed by atoms with Gasteiger partial charge in [0.15, 0.2) is 5.82 Å². The SMILES string of the molecule is C/C(=N\n1cc(NC(=O)CC2COC2)nc1C)Oc1ccc(C)c(NC(=O)C2=C=CC=C(F)C2)c1. The number of carbonyl (C=O) groups is 2. The molecule has 0 spiro atoms. The molecule has 0 atom stereocenters. The third-order valence-electron chi connectivity index (χ3n) is 5.42. The Balaban J connectivity index is 1.40. The number of anilines is 2. The van der Waals surface area contributed by atoms with Crippen LogP contribution >= 0.6 is 0 Å². The van der Waals surface area contributed by atoms with Crippen LogP contribution in [0.2, 0.25) is 0 Å². The van der Waals surface area contributed by atoms with Gasteiger partial charge in [0, 0.05) is 37.4 Å². The van der Waals surface area contributed by atoms with Crippen LogP contribution in [0, 0.1) is 19.8 Å². The molecule has 1 aromatic carbocycles. The molecule has 0 saturated carbocycles. The molecule has 2 amide bonds. The van der Waals surface area contributed by atoms with E-state index in [0.29, 0.717) is 48.6 Å². The van der Waals surface area contributed by atoms with Crippen LogP contribution in [0.3, 0.4) is 0 Å². The number of benzene rings is 1. The number of aromatic nitrogens is 2. The number of hydrogen-bond acceptors (Lipinski definition) is 6. The summed E-state index contributed by atoms with van der Waals surface area (Å²) in [6, 6.07) is 5.22. The molecule has 2 N–H and O–H groups in total. The minimum absolute atomic E-state index is 0.0922. The van der Waals surface area contributed by atoms with Crippen molar-refractivity contribution in [1.82, 2.24) is 9.66 Å². The van der Waals surface area contributed by atoms with E-state index in [4.69, 9.17) is 9.47 Å². The van der Waals surface area contributed by atoms with Crippen molar-refractivity contribution in [2.75, 3.05) is 23.8 Å². The van der Waals surface area contributed by atoms with E-state index in [1.165, 1.54) is 16.8 Å². The van der Waals surface area contributed by atoms with Gasteiger partial charge in [-0.3, -0.25) is 9.59 Å². The van der Waals surface area contributed by atoms with Gasteiger partial charge in [0.1, 0.15) is 17.4 Å². The summed E-state index contributed by atoms with van der Waals surface area (Å²) in [6.45, 7) is 6.50. The highest BCUT2D eigenvalue weighted by Gasteiger charge is 2.22. The van der Waals surface area contributed by atoms with Gasteiger partial charge in [-0.05, 0) is 37.6 Å². The standard InChI is InChI=1S/C25H26FN5O4/c1-15-7-8-21(11-22(15)28-25(33)19-5-4-6-20(26)10-19)35-17(3)30-31-12-23(27-16(31)2)29-24(32)9-18-13-34-14-18/h4,6-8,11-12,18H,9-10,13-14H2,1-3H3,(H,28,33)(H,29,32)/b30-17+. The lowest BCUT2D eigenvalue weighted by Gasteiger charge is -2.24. The molecule has 1 aliphatic carbocycles. The first-order valence-electron chi connectivity index (χ1n) is 11.2. The minimum Gasteiger partial charge on any atom is -0.442 e. The first kappa shape index (κ1) is 24.1. The number of amides is 2. The summed E-state index contributed by atoms with van der Waals surface area (Å²) >= 11 is 0. The molecule has 0 bridgehead atoms. The van der Waals surface area contributed by atoms with E-state index in [1.807, 2.05) is 6.92 Å². The van der Waals surface area contributed by atoms with Gasteiger partial charge in [-0.2, -0.15) is 0 Å². The van der Waals surface area contributed by atoms with Crippen molar-refractivity contribution < 1.29 is 23.5 Å². The number of imidazole rings is 1. The Hall–Kier alpha value is -4.01. The van der Waals surface area contributed by atoms with Crippen LogP contribution in [-0.2, 0) is 14.3 Å². The Bertz CT molecular complexity index is 1280. The van der Waals surface area contributed by atoms with Crippen molar-refractivity contribution in [2.24, 2.45) is 11.0 Å². The number of aryl methyl sites for hydroxylation is 2. The van der Waals surface area contributed by atoms with Gasteiger partial charge in [-0.25, -0.2) is 14.1 Å². The van der Waals surface area contributed by atoms with Gasteiger partial charge in [0.2, 0.25) is 11.8 Å². The van der Waals surface area contributed by atoms with E-state index in [9.17, 15) is 14.0 Å². The van der Waals surface area contributed by atoms with Crippen LogP contribution in [-0.4, -0.2) is 40.6 Å². The van der Waals surface area contributed by atoms with Gasteiger partial charge in [-0.15, -0.1) is 10.8 Å². The van der Waals surface area contributed by atoms with E-state index in [0.717, 1.165) is 5.56 Å². The van der Waals surface area contributed by atoms with Crippen molar-refractivity contribution in [3.05, 3.63) is 65.1 Å². The highest BCUT2D eigenvalue weighted by molar-refractivity contribution is 6.04. The van der Waals surface area contributed by atoms with Crippen molar-refractivity contribution in [2.45, 2.75) is 33.6 Å². The van der Waals surface area contributed by atoms with Crippen molar-refractivity contribution >= 4 is 29.2 Å². The Morgan fingerprint density at radius 3 is 2.83 bits per heavy atom. The number of allylic oxidation sites excluding steroid dienone is 2. The molecule has 1 aliphatic heterocycles. The average molecular weight is 480 g/mol. The summed E-state index contributed by atoms with van der Waals surface area (Å²) in [5.74, 6) is 1.08. The molecule has 2 aromatic rings. The molecule has 2 aliphatic rings. The first-order chi connectivity index (χ1) is 16.8. The molecule has 1 saturated heterocycles. The number of nitrogens with one attached hydrogen (secondary N) is 2. The maximum Gasteiger partial charge on any atom is 0.259 e. The van der Waals surface area contributed by atoms with Gasteiger partial charge >= 0.3 is 0 Å². The lowest BCUT2D eigenvalue weighted by molar-refractivity contribution is -0.121. The average Bonchev–Trinajstić information content (AvgIpc) is 3.11. The number of ether oxygens (including phenoxy) is 2. The van der Waals surface area contributed by atoms with E-state index in [1.54, 1.807) is 38.2 Å². The number of halogens is 1. The molecule has 9 nitrogen and oxygen atoms in total. The van der Waals surface area contributed by atoms with Gasteiger partial charge in [-0.1, -0.05) is 6.07 Å². The highest BCUT2D eigenvalue weighted by Crippen LogP contribution is 2.24. The second kappa shape index (κ2) is 10.5. The molecule has 182 valence electrons. The van der Waals surface area contributed by atoms with Crippen molar-refractivity contribution in [1.29, 1.82) is 0 Å². The van der Waals surface area contributed by atoms with Gasteiger partial charge < -0.3 is 20.1 Å². The molecule has 2 heterocycles. The molecule has 10 heteroatoms. The maximum atomic E-state index is 13.5. The number of rotatable bonds is 7. The second-order valence-electron chi connectivity index (χ2n) is 8.41. The summed E-state index contributed by atoms with van der Waals surface area (Å²) in [6.07, 6.45) is 4.57. The van der Waals surface area contributed by atoms with Crippen molar-refractivity contribution in [3.63, 3.8) is 0 Å². The smallest absolute Gasteiger partial charge is 0.259 e. The topological polar surface area (TPSA) is 107 Å². The highest BCUT2D eigenvalue weighted by atomic mass is 19.1.